The van der Waals surface area contributed by atoms with Crippen LogP contribution < -0.4 is 10.2 Å². The number of anilines is 1. The van der Waals surface area contributed by atoms with Gasteiger partial charge in [0.2, 0.25) is 5.91 Å². The third kappa shape index (κ3) is 4.54. The predicted molar refractivity (Wildman–Crippen MR) is 81.6 cm³/mol. The maximum Gasteiger partial charge on any atom is 0.338 e. The van der Waals surface area contributed by atoms with E-state index in [1.165, 1.54) is 0 Å². The number of esters is 1. The summed E-state index contributed by atoms with van der Waals surface area (Å²) in [6.07, 6.45) is 1.59. The zero-order valence-corrected chi connectivity index (χ0v) is 12.6. The molecule has 2 amide bonds. The largest absolute Gasteiger partial charge is 0.452 e. The van der Waals surface area contributed by atoms with Gasteiger partial charge in [-0.15, -0.1) is 0 Å². The summed E-state index contributed by atoms with van der Waals surface area (Å²) in [4.78, 5) is 36.5. The van der Waals surface area contributed by atoms with Gasteiger partial charge in [0, 0.05) is 25.2 Å². The number of amides is 2. The van der Waals surface area contributed by atoms with Crippen LogP contribution in [0.3, 0.4) is 0 Å². The van der Waals surface area contributed by atoms with Gasteiger partial charge in [-0.25, -0.2) is 4.79 Å². The van der Waals surface area contributed by atoms with E-state index in [-0.39, 0.29) is 18.9 Å². The van der Waals surface area contributed by atoms with Gasteiger partial charge in [-0.05, 0) is 30.7 Å². The van der Waals surface area contributed by atoms with Crippen LogP contribution in [0.4, 0.5) is 5.69 Å². The number of hydrogen-bond donors (Lipinski definition) is 1. The van der Waals surface area contributed by atoms with Gasteiger partial charge in [-0.1, -0.05) is 0 Å². The third-order valence-electron chi connectivity index (χ3n) is 3.38. The minimum atomic E-state index is -0.611. The van der Waals surface area contributed by atoms with Crippen molar-refractivity contribution in [2.24, 2.45) is 0 Å². The molecule has 120 valence electrons. The molecule has 0 radical (unpaired) electrons. The summed E-state index contributed by atoms with van der Waals surface area (Å²) in [6, 6.07) is 8.40. The van der Waals surface area contributed by atoms with Gasteiger partial charge in [0.1, 0.15) is 0 Å². The van der Waals surface area contributed by atoms with Crippen LogP contribution in [-0.2, 0) is 14.3 Å². The van der Waals surface area contributed by atoms with Crippen LogP contribution in [0.2, 0.25) is 0 Å². The van der Waals surface area contributed by atoms with Crippen LogP contribution in [0.25, 0.3) is 0 Å². The molecule has 0 saturated carbocycles. The summed E-state index contributed by atoms with van der Waals surface area (Å²) in [5.74, 6) is -0.984. The molecule has 1 fully saturated rings. The number of ether oxygens (including phenoxy) is 1. The first-order valence-corrected chi connectivity index (χ1v) is 7.33. The number of nitriles is 1. The molecule has 23 heavy (non-hydrogen) atoms. The lowest BCUT2D eigenvalue weighted by Gasteiger charge is -2.15. The minimum absolute atomic E-state index is 0.0781. The molecule has 0 unspecified atom stereocenters. The van der Waals surface area contributed by atoms with E-state index in [0.717, 1.165) is 12.1 Å². The molecule has 1 saturated heterocycles. The Morgan fingerprint density at radius 3 is 2.65 bits per heavy atom. The minimum Gasteiger partial charge on any atom is -0.452 e. The van der Waals surface area contributed by atoms with Crippen molar-refractivity contribution in [1.82, 2.24) is 5.32 Å². The highest BCUT2D eigenvalue weighted by Crippen LogP contribution is 2.21. The predicted octanol–water partition coefficient (Wildman–Crippen LogP) is 1.00. The Kier molecular flexibility index (Phi) is 5.69. The van der Waals surface area contributed by atoms with Crippen molar-refractivity contribution in [1.29, 1.82) is 5.26 Å². The van der Waals surface area contributed by atoms with Crippen molar-refractivity contribution in [3.8, 4) is 6.07 Å². The molecule has 1 N–H and O–H groups in total. The van der Waals surface area contributed by atoms with Crippen molar-refractivity contribution in [3.05, 3.63) is 29.8 Å². The van der Waals surface area contributed by atoms with Gasteiger partial charge in [-0.3, -0.25) is 9.59 Å². The van der Waals surface area contributed by atoms with Crippen molar-refractivity contribution in [2.45, 2.75) is 19.3 Å². The van der Waals surface area contributed by atoms with Gasteiger partial charge >= 0.3 is 5.97 Å². The molecule has 0 spiro atoms. The van der Waals surface area contributed by atoms with E-state index in [1.54, 1.807) is 29.2 Å². The first-order chi connectivity index (χ1) is 11.1. The Hall–Kier alpha value is -2.88. The molecule has 7 nitrogen and oxygen atoms in total. The fraction of sp³-hybridized carbons (Fsp3) is 0.375. The fourth-order valence-electron chi connectivity index (χ4n) is 2.22. The van der Waals surface area contributed by atoms with Crippen molar-refractivity contribution in [3.63, 3.8) is 0 Å². The van der Waals surface area contributed by atoms with E-state index in [2.05, 4.69) is 5.32 Å². The Morgan fingerprint density at radius 1 is 1.30 bits per heavy atom. The number of rotatable bonds is 6. The molecule has 0 atom stereocenters. The summed E-state index contributed by atoms with van der Waals surface area (Å²) < 4.78 is 4.89. The highest BCUT2D eigenvalue weighted by atomic mass is 16.5. The SMILES string of the molecule is N#CCCNC(=O)COC(=O)c1ccc(N2CCCC2=O)cc1. The van der Waals surface area contributed by atoms with E-state index in [4.69, 9.17) is 10.00 Å². The maximum absolute atomic E-state index is 11.8. The molecule has 0 aliphatic carbocycles. The molecule has 1 aliphatic rings. The Morgan fingerprint density at radius 2 is 2.04 bits per heavy atom. The Bertz CT molecular complexity index is 634. The first-order valence-electron chi connectivity index (χ1n) is 7.33. The van der Waals surface area contributed by atoms with Crippen LogP contribution in [-0.4, -0.2) is 37.5 Å². The van der Waals surface area contributed by atoms with Crippen LogP contribution in [0, 0.1) is 11.3 Å². The first kappa shape index (κ1) is 16.5. The lowest BCUT2D eigenvalue weighted by atomic mass is 10.2. The lowest BCUT2D eigenvalue weighted by Crippen LogP contribution is -2.29. The highest BCUT2D eigenvalue weighted by molar-refractivity contribution is 5.96. The molecular formula is C16H17N3O4. The fourth-order valence-corrected chi connectivity index (χ4v) is 2.22. The summed E-state index contributed by atoms with van der Waals surface area (Å²) in [7, 11) is 0. The number of carbonyl (C=O) groups excluding carboxylic acids is 3. The van der Waals surface area contributed by atoms with E-state index < -0.39 is 18.5 Å². The van der Waals surface area contributed by atoms with E-state index >= 15 is 0 Å². The number of nitrogens with zero attached hydrogens (tertiary/aromatic N) is 2. The molecule has 1 aliphatic heterocycles. The van der Waals surface area contributed by atoms with Gasteiger partial charge < -0.3 is 15.0 Å². The number of benzene rings is 1. The van der Waals surface area contributed by atoms with Gasteiger partial charge in [0.05, 0.1) is 18.1 Å². The van der Waals surface area contributed by atoms with Gasteiger partial charge in [0.25, 0.3) is 5.91 Å². The average Bonchev–Trinajstić information content (AvgIpc) is 2.99. The Balaban J connectivity index is 1.84. The van der Waals surface area contributed by atoms with Crippen molar-refractivity contribution < 1.29 is 19.1 Å². The summed E-state index contributed by atoms with van der Waals surface area (Å²) in [5, 5.41) is 10.8. The summed E-state index contributed by atoms with van der Waals surface area (Å²) in [6.45, 7) is 0.521. The van der Waals surface area contributed by atoms with E-state index in [0.29, 0.717) is 18.5 Å². The van der Waals surface area contributed by atoms with Crippen LogP contribution in [0.15, 0.2) is 24.3 Å². The third-order valence-corrected chi connectivity index (χ3v) is 3.38. The van der Waals surface area contributed by atoms with E-state index in [9.17, 15) is 14.4 Å². The second-order valence-electron chi connectivity index (χ2n) is 5.03. The monoisotopic (exact) mass is 315 g/mol. The summed E-state index contributed by atoms with van der Waals surface area (Å²) in [5.41, 5.74) is 1.06. The second kappa shape index (κ2) is 7.94. The lowest BCUT2D eigenvalue weighted by molar-refractivity contribution is -0.124. The zero-order chi connectivity index (χ0) is 16.7. The molecule has 0 bridgehead atoms. The molecule has 0 aromatic heterocycles. The highest BCUT2D eigenvalue weighted by Gasteiger charge is 2.21. The average molecular weight is 315 g/mol. The van der Waals surface area contributed by atoms with Crippen molar-refractivity contribution >= 4 is 23.5 Å². The van der Waals surface area contributed by atoms with Gasteiger partial charge in [-0.2, -0.15) is 5.26 Å². The van der Waals surface area contributed by atoms with E-state index in [1.807, 2.05) is 6.07 Å². The standard InChI is InChI=1S/C16H17N3O4/c17-8-2-9-18-14(20)11-23-16(22)12-4-6-13(7-5-12)19-10-1-3-15(19)21/h4-7H,1-3,9-11H2,(H,18,20). The number of hydrogen-bond acceptors (Lipinski definition) is 5. The number of nitrogens with one attached hydrogen (secondary N) is 1. The quantitative estimate of drug-likeness (QED) is 0.623. The topological polar surface area (TPSA) is 99.5 Å². The normalized spacial score (nSPS) is 13.5. The molecule has 2 rings (SSSR count). The Labute approximate surface area is 133 Å². The molecule has 1 heterocycles. The van der Waals surface area contributed by atoms with Gasteiger partial charge in [0.15, 0.2) is 6.61 Å². The van der Waals surface area contributed by atoms with Crippen LogP contribution in [0.5, 0.6) is 0 Å². The number of carbonyl (C=O) groups is 3. The smallest absolute Gasteiger partial charge is 0.338 e. The van der Waals surface area contributed by atoms with Crippen molar-refractivity contribution in [2.75, 3.05) is 24.6 Å². The molecule has 1 aromatic carbocycles. The van der Waals surface area contributed by atoms with Crippen LogP contribution in [0.1, 0.15) is 29.6 Å². The molecule has 7 heteroatoms. The second-order valence-corrected chi connectivity index (χ2v) is 5.03. The summed E-state index contributed by atoms with van der Waals surface area (Å²) >= 11 is 0. The molecule has 1 aromatic rings. The zero-order valence-electron chi connectivity index (χ0n) is 12.6. The maximum atomic E-state index is 11.8. The molecular weight excluding hydrogens is 298 g/mol. The van der Waals surface area contributed by atoms with Crippen LogP contribution >= 0.6 is 0 Å².